The molecule has 1 atom stereocenters. The predicted molar refractivity (Wildman–Crippen MR) is 111 cm³/mol. The maximum absolute atomic E-state index is 12.9. The average molecular weight is 465 g/mol. The number of hydrogen-bond donors (Lipinski definition) is 1. The van der Waals surface area contributed by atoms with Gasteiger partial charge in [0, 0.05) is 19.0 Å². The van der Waals surface area contributed by atoms with Crippen molar-refractivity contribution < 1.29 is 22.7 Å². The number of piperidine rings is 1. The number of benzene rings is 1. The van der Waals surface area contributed by atoms with Crippen LogP contribution in [0, 0.1) is 11.8 Å². The fourth-order valence-electron chi connectivity index (χ4n) is 3.33. The Kier molecular flexibility index (Phi) is 8.34. The van der Waals surface area contributed by atoms with Gasteiger partial charge < -0.3 is 10.1 Å². The van der Waals surface area contributed by atoms with Gasteiger partial charge in [-0.2, -0.15) is 4.31 Å². The summed E-state index contributed by atoms with van der Waals surface area (Å²) >= 11 is 12.1. The molecular weight excluding hydrogens is 439 g/mol. The molecular formula is C19H26Cl2N2O5S. The number of hydrogen-bond acceptors (Lipinski definition) is 5. The van der Waals surface area contributed by atoms with Crippen molar-refractivity contribution in [2.45, 2.75) is 44.0 Å². The van der Waals surface area contributed by atoms with Crippen LogP contribution in [0.3, 0.4) is 0 Å². The standard InChI is InChI=1S/C19H26Cl2N2O5S/c1-12(2)11-16(19(25)28-3)22-18(24)13-7-9-23(10-8-13)29(26,27)17-14(20)5-4-6-15(17)21/h4-6,12-13,16H,7-11H2,1-3H3,(H,22,24). The third-order valence-corrected chi connectivity index (χ3v) is 7.71. The number of carbonyl (C=O) groups excluding carboxylic acids is 2. The highest BCUT2D eigenvalue weighted by Crippen LogP contribution is 2.33. The van der Waals surface area contributed by atoms with Crippen LogP contribution in [0.5, 0.6) is 0 Å². The molecule has 0 saturated carbocycles. The molecule has 1 saturated heterocycles. The highest BCUT2D eigenvalue weighted by Gasteiger charge is 2.35. The van der Waals surface area contributed by atoms with Crippen LogP contribution in [0.15, 0.2) is 23.1 Å². The van der Waals surface area contributed by atoms with Gasteiger partial charge in [0.15, 0.2) is 0 Å². The zero-order chi connectivity index (χ0) is 21.8. The predicted octanol–water partition coefficient (Wildman–Crippen LogP) is 3.10. The summed E-state index contributed by atoms with van der Waals surface area (Å²) in [6, 6.07) is 3.82. The molecule has 1 aliphatic rings. The van der Waals surface area contributed by atoms with Crippen LogP contribution in [0.1, 0.15) is 33.1 Å². The summed E-state index contributed by atoms with van der Waals surface area (Å²) in [5.41, 5.74) is 0. The lowest BCUT2D eigenvalue weighted by atomic mass is 9.96. The third-order valence-electron chi connectivity index (χ3n) is 4.85. The number of amides is 1. The molecule has 7 nitrogen and oxygen atoms in total. The van der Waals surface area contributed by atoms with Gasteiger partial charge in [0.2, 0.25) is 15.9 Å². The number of nitrogens with one attached hydrogen (secondary N) is 1. The van der Waals surface area contributed by atoms with E-state index in [-0.39, 0.29) is 45.8 Å². The third kappa shape index (κ3) is 5.84. The Morgan fingerprint density at radius 1 is 1.21 bits per heavy atom. The minimum atomic E-state index is -3.87. The van der Waals surface area contributed by atoms with E-state index in [1.807, 2.05) is 13.8 Å². The minimum Gasteiger partial charge on any atom is -0.467 e. The van der Waals surface area contributed by atoms with Crippen LogP contribution < -0.4 is 5.32 Å². The first-order valence-electron chi connectivity index (χ1n) is 9.40. The zero-order valence-electron chi connectivity index (χ0n) is 16.7. The van der Waals surface area contributed by atoms with Crippen molar-refractivity contribution in [1.82, 2.24) is 9.62 Å². The molecule has 1 aliphatic heterocycles. The van der Waals surface area contributed by atoms with Crippen LogP contribution in [0.25, 0.3) is 0 Å². The number of nitrogens with zero attached hydrogens (tertiary/aromatic N) is 1. The van der Waals surface area contributed by atoms with Gasteiger partial charge in [-0.05, 0) is 37.3 Å². The normalized spacial score (nSPS) is 17.2. The Balaban J connectivity index is 2.04. The van der Waals surface area contributed by atoms with E-state index in [2.05, 4.69) is 5.32 Å². The van der Waals surface area contributed by atoms with Gasteiger partial charge in [-0.25, -0.2) is 13.2 Å². The van der Waals surface area contributed by atoms with E-state index < -0.39 is 22.0 Å². The molecule has 0 spiro atoms. The molecule has 0 bridgehead atoms. The van der Waals surface area contributed by atoms with Crippen molar-refractivity contribution >= 4 is 45.1 Å². The Bertz CT molecular complexity index is 832. The maximum atomic E-state index is 12.9. The number of carbonyl (C=O) groups is 2. The lowest BCUT2D eigenvalue weighted by Crippen LogP contribution is -2.48. The van der Waals surface area contributed by atoms with Gasteiger partial charge in [-0.15, -0.1) is 0 Å². The second kappa shape index (κ2) is 10.1. The fourth-order valence-corrected chi connectivity index (χ4v) is 5.89. The second-order valence-electron chi connectivity index (χ2n) is 7.44. The van der Waals surface area contributed by atoms with Crippen molar-refractivity contribution in [3.63, 3.8) is 0 Å². The highest BCUT2D eigenvalue weighted by atomic mass is 35.5. The Labute approximate surface area is 181 Å². The molecule has 29 heavy (non-hydrogen) atoms. The van der Waals surface area contributed by atoms with Gasteiger partial charge in [-0.3, -0.25) is 4.79 Å². The first-order valence-corrected chi connectivity index (χ1v) is 11.6. The number of rotatable bonds is 7. The van der Waals surface area contributed by atoms with E-state index in [0.717, 1.165) is 0 Å². The molecule has 2 rings (SSSR count). The van der Waals surface area contributed by atoms with Crippen LogP contribution in [0.4, 0.5) is 0 Å². The number of esters is 1. The number of halogens is 2. The van der Waals surface area contributed by atoms with Crippen LogP contribution >= 0.6 is 23.2 Å². The summed E-state index contributed by atoms with van der Waals surface area (Å²) in [7, 11) is -2.58. The summed E-state index contributed by atoms with van der Waals surface area (Å²) < 4.78 is 31.9. The van der Waals surface area contributed by atoms with Crippen molar-refractivity contribution in [3.05, 3.63) is 28.2 Å². The molecule has 10 heteroatoms. The van der Waals surface area contributed by atoms with Crippen molar-refractivity contribution in [2.24, 2.45) is 11.8 Å². The highest BCUT2D eigenvalue weighted by molar-refractivity contribution is 7.89. The summed E-state index contributed by atoms with van der Waals surface area (Å²) in [6.45, 7) is 4.22. The number of methoxy groups -OCH3 is 1. The molecule has 0 radical (unpaired) electrons. The van der Waals surface area contributed by atoms with Crippen LogP contribution in [-0.4, -0.2) is 50.8 Å². The van der Waals surface area contributed by atoms with Gasteiger partial charge in [0.05, 0.1) is 17.2 Å². The molecule has 1 heterocycles. The summed E-state index contributed by atoms with van der Waals surface area (Å²) in [4.78, 5) is 24.4. The lowest BCUT2D eigenvalue weighted by molar-refractivity contribution is -0.146. The van der Waals surface area contributed by atoms with E-state index >= 15 is 0 Å². The molecule has 1 fully saturated rings. The average Bonchev–Trinajstić information content (AvgIpc) is 2.66. The van der Waals surface area contributed by atoms with E-state index in [0.29, 0.717) is 19.3 Å². The van der Waals surface area contributed by atoms with Crippen LogP contribution in [0.2, 0.25) is 10.0 Å². The molecule has 1 unspecified atom stereocenters. The minimum absolute atomic E-state index is 0.0620. The monoisotopic (exact) mass is 464 g/mol. The maximum Gasteiger partial charge on any atom is 0.328 e. The second-order valence-corrected chi connectivity index (χ2v) is 10.1. The number of sulfonamides is 1. The molecule has 1 aromatic rings. The Hall–Kier alpha value is -1.35. The van der Waals surface area contributed by atoms with Crippen molar-refractivity contribution in [1.29, 1.82) is 0 Å². The molecule has 1 aromatic carbocycles. The van der Waals surface area contributed by atoms with E-state index in [1.165, 1.54) is 23.5 Å². The molecule has 0 aromatic heterocycles. The molecule has 1 amide bonds. The first kappa shape index (κ1) is 23.9. The summed E-state index contributed by atoms with van der Waals surface area (Å²) in [5, 5.41) is 2.87. The van der Waals surface area contributed by atoms with Crippen molar-refractivity contribution in [2.75, 3.05) is 20.2 Å². The summed E-state index contributed by atoms with van der Waals surface area (Å²) in [5.74, 6) is -0.941. The first-order chi connectivity index (χ1) is 13.6. The molecule has 0 aliphatic carbocycles. The SMILES string of the molecule is COC(=O)C(CC(C)C)NC(=O)C1CCN(S(=O)(=O)c2c(Cl)cccc2Cl)CC1. The molecule has 1 N–H and O–H groups in total. The zero-order valence-corrected chi connectivity index (χ0v) is 19.0. The Morgan fingerprint density at radius 3 is 2.24 bits per heavy atom. The van der Waals surface area contributed by atoms with E-state index in [9.17, 15) is 18.0 Å². The Morgan fingerprint density at radius 2 is 1.76 bits per heavy atom. The topological polar surface area (TPSA) is 92.8 Å². The van der Waals surface area contributed by atoms with E-state index in [1.54, 1.807) is 6.07 Å². The lowest BCUT2D eigenvalue weighted by Gasteiger charge is -2.31. The summed E-state index contributed by atoms with van der Waals surface area (Å²) in [6.07, 6.45) is 1.14. The quantitative estimate of drug-likeness (QED) is 0.625. The van der Waals surface area contributed by atoms with E-state index in [4.69, 9.17) is 27.9 Å². The molecule has 162 valence electrons. The number of ether oxygens (including phenoxy) is 1. The smallest absolute Gasteiger partial charge is 0.328 e. The van der Waals surface area contributed by atoms with Gasteiger partial charge >= 0.3 is 5.97 Å². The van der Waals surface area contributed by atoms with Crippen LogP contribution in [-0.2, 0) is 24.3 Å². The van der Waals surface area contributed by atoms with Crippen molar-refractivity contribution in [3.8, 4) is 0 Å². The van der Waals surface area contributed by atoms with Gasteiger partial charge in [0.1, 0.15) is 10.9 Å². The van der Waals surface area contributed by atoms with Gasteiger partial charge in [-0.1, -0.05) is 43.1 Å². The largest absolute Gasteiger partial charge is 0.467 e. The van der Waals surface area contributed by atoms with Gasteiger partial charge in [0.25, 0.3) is 0 Å². The fraction of sp³-hybridized carbons (Fsp3) is 0.579.